The Hall–Kier alpha value is -2.75. The molecule has 2 fully saturated rings. The number of nitrogens with zero attached hydrogens (tertiary/aromatic N) is 4. The molecule has 0 bridgehead atoms. The molecule has 0 unspecified atom stereocenters. The molecule has 1 aromatic carbocycles. The summed E-state index contributed by atoms with van der Waals surface area (Å²) in [6.07, 6.45) is 4.46. The number of amides is 1. The molecule has 2 aromatic heterocycles. The van der Waals surface area contributed by atoms with E-state index in [9.17, 15) is 13.2 Å². The summed E-state index contributed by atoms with van der Waals surface area (Å²) >= 11 is 0. The van der Waals surface area contributed by atoms with Crippen molar-refractivity contribution < 1.29 is 17.6 Å². The van der Waals surface area contributed by atoms with Gasteiger partial charge in [0, 0.05) is 56.8 Å². The van der Waals surface area contributed by atoms with Gasteiger partial charge in [-0.1, -0.05) is 12.1 Å². The van der Waals surface area contributed by atoms with E-state index in [1.54, 1.807) is 24.6 Å². The first-order valence-corrected chi connectivity index (χ1v) is 13.2. The number of sulfonamides is 1. The van der Waals surface area contributed by atoms with Gasteiger partial charge in [-0.05, 0) is 49.6 Å². The van der Waals surface area contributed by atoms with Crippen molar-refractivity contribution in [3.05, 3.63) is 60.2 Å². The Morgan fingerprint density at radius 1 is 1.06 bits per heavy atom. The average molecular weight is 483 g/mol. The van der Waals surface area contributed by atoms with E-state index in [-0.39, 0.29) is 16.7 Å². The minimum Gasteiger partial charge on any atom is -0.468 e. The quantitative estimate of drug-likeness (QED) is 0.556. The van der Waals surface area contributed by atoms with Gasteiger partial charge in [-0.2, -0.15) is 4.31 Å². The van der Waals surface area contributed by atoms with Gasteiger partial charge in [0.15, 0.2) is 0 Å². The van der Waals surface area contributed by atoms with Gasteiger partial charge in [0.1, 0.15) is 10.7 Å². The largest absolute Gasteiger partial charge is 0.468 e. The van der Waals surface area contributed by atoms with Crippen molar-refractivity contribution >= 4 is 26.8 Å². The van der Waals surface area contributed by atoms with E-state index in [1.165, 1.54) is 4.31 Å². The summed E-state index contributed by atoms with van der Waals surface area (Å²) in [4.78, 5) is 22.0. The van der Waals surface area contributed by atoms with Gasteiger partial charge in [0.05, 0.1) is 18.3 Å². The number of pyridine rings is 1. The molecule has 2 aliphatic rings. The van der Waals surface area contributed by atoms with Crippen molar-refractivity contribution in [2.75, 3.05) is 39.3 Å². The van der Waals surface area contributed by atoms with Crippen LogP contribution in [0.3, 0.4) is 0 Å². The fourth-order valence-corrected chi connectivity index (χ4v) is 6.58. The molecule has 2 saturated heterocycles. The van der Waals surface area contributed by atoms with Gasteiger partial charge in [-0.15, -0.1) is 0 Å². The van der Waals surface area contributed by atoms with Crippen molar-refractivity contribution in [3.63, 3.8) is 0 Å². The number of aryl methyl sites for hydroxylation is 1. The molecule has 0 N–H and O–H groups in total. The van der Waals surface area contributed by atoms with Gasteiger partial charge >= 0.3 is 0 Å². The molecule has 2 aliphatic heterocycles. The molecule has 0 radical (unpaired) electrons. The van der Waals surface area contributed by atoms with E-state index in [0.717, 1.165) is 36.3 Å². The molecule has 5 rings (SSSR count). The normalized spacial score (nSPS) is 19.0. The van der Waals surface area contributed by atoms with E-state index >= 15 is 0 Å². The summed E-state index contributed by atoms with van der Waals surface area (Å²) in [6, 6.07) is 11.1. The number of para-hydroxylation sites is 1. The Morgan fingerprint density at radius 3 is 2.53 bits per heavy atom. The van der Waals surface area contributed by atoms with Gasteiger partial charge in [0.25, 0.3) is 0 Å². The number of rotatable bonds is 5. The van der Waals surface area contributed by atoms with Crippen LogP contribution in [0.4, 0.5) is 0 Å². The summed E-state index contributed by atoms with van der Waals surface area (Å²) in [7, 11) is -3.68. The van der Waals surface area contributed by atoms with Crippen LogP contribution in [0.5, 0.6) is 0 Å². The Bertz CT molecular complexity index is 1260. The predicted molar refractivity (Wildman–Crippen MR) is 129 cm³/mol. The Kier molecular flexibility index (Phi) is 6.42. The molecule has 1 amide bonds. The lowest BCUT2D eigenvalue weighted by Crippen LogP contribution is -2.51. The fourth-order valence-electron chi connectivity index (χ4n) is 4.94. The highest BCUT2D eigenvalue weighted by Gasteiger charge is 2.35. The van der Waals surface area contributed by atoms with E-state index in [0.29, 0.717) is 44.5 Å². The SMILES string of the molecule is Cc1cnc2c(S(=O)(=O)N3CCC(C(=O)N4CCN(Cc5ccco5)CC4)CC3)cccc2c1. The van der Waals surface area contributed by atoms with Gasteiger partial charge in [0.2, 0.25) is 15.9 Å². The smallest absolute Gasteiger partial charge is 0.245 e. The number of piperidine rings is 1. The second kappa shape index (κ2) is 9.48. The lowest BCUT2D eigenvalue weighted by molar-refractivity contribution is -0.138. The van der Waals surface area contributed by atoms with E-state index in [2.05, 4.69) is 9.88 Å². The number of benzene rings is 1. The van der Waals surface area contributed by atoms with Crippen LogP contribution >= 0.6 is 0 Å². The third-order valence-electron chi connectivity index (χ3n) is 6.88. The molecular weight excluding hydrogens is 452 g/mol. The zero-order valence-corrected chi connectivity index (χ0v) is 20.2. The monoisotopic (exact) mass is 482 g/mol. The molecule has 3 aromatic rings. The number of hydrogen-bond donors (Lipinski definition) is 0. The Balaban J connectivity index is 1.19. The first-order chi connectivity index (χ1) is 16.4. The summed E-state index contributed by atoms with van der Waals surface area (Å²) in [5.41, 5.74) is 1.49. The topological polar surface area (TPSA) is 87.0 Å². The second-order valence-electron chi connectivity index (χ2n) is 9.20. The van der Waals surface area contributed by atoms with Gasteiger partial charge < -0.3 is 9.32 Å². The second-order valence-corrected chi connectivity index (χ2v) is 11.1. The van der Waals surface area contributed by atoms with Crippen LogP contribution in [-0.2, 0) is 21.4 Å². The third kappa shape index (κ3) is 4.60. The van der Waals surface area contributed by atoms with E-state index in [1.807, 2.05) is 36.1 Å². The van der Waals surface area contributed by atoms with Crippen LogP contribution in [-0.4, -0.2) is 72.7 Å². The van der Waals surface area contributed by atoms with Crippen LogP contribution in [0.1, 0.15) is 24.2 Å². The number of piperazine rings is 1. The van der Waals surface area contributed by atoms with Crippen molar-refractivity contribution in [2.24, 2.45) is 5.92 Å². The highest BCUT2D eigenvalue weighted by atomic mass is 32.2. The number of furan rings is 1. The van der Waals surface area contributed by atoms with Crippen molar-refractivity contribution in [1.29, 1.82) is 0 Å². The van der Waals surface area contributed by atoms with Crippen LogP contribution < -0.4 is 0 Å². The minimum absolute atomic E-state index is 0.128. The summed E-state index contributed by atoms with van der Waals surface area (Å²) in [5.74, 6) is 0.957. The molecule has 0 atom stereocenters. The van der Waals surface area contributed by atoms with Crippen LogP contribution in [0.25, 0.3) is 10.9 Å². The van der Waals surface area contributed by atoms with Crippen LogP contribution in [0.15, 0.2) is 58.2 Å². The van der Waals surface area contributed by atoms with Crippen LogP contribution in [0.2, 0.25) is 0 Å². The highest BCUT2D eigenvalue weighted by Crippen LogP contribution is 2.29. The lowest BCUT2D eigenvalue weighted by atomic mass is 9.96. The Morgan fingerprint density at radius 2 is 1.82 bits per heavy atom. The van der Waals surface area contributed by atoms with E-state index < -0.39 is 10.0 Å². The first kappa shape index (κ1) is 23.0. The standard InChI is InChI=1S/C25H30N4O4S/c1-19-16-21-4-2-6-23(24(21)26-17-19)34(31,32)29-9-7-20(8-10-29)25(30)28-13-11-27(12-14-28)18-22-5-3-15-33-22/h2-6,15-17,20H,7-14,18H2,1H3. The molecule has 0 saturated carbocycles. The summed E-state index contributed by atoms with van der Waals surface area (Å²) in [6.45, 7) is 6.40. The lowest BCUT2D eigenvalue weighted by Gasteiger charge is -2.38. The predicted octanol–water partition coefficient (Wildman–Crippen LogP) is 2.88. The molecule has 0 aliphatic carbocycles. The molecule has 34 heavy (non-hydrogen) atoms. The fraction of sp³-hybridized carbons (Fsp3) is 0.440. The minimum atomic E-state index is -3.68. The van der Waals surface area contributed by atoms with Crippen LogP contribution in [0, 0.1) is 12.8 Å². The summed E-state index contributed by atoms with van der Waals surface area (Å²) in [5, 5.41) is 0.817. The number of fused-ring (bicyclic) bond motifs is 1. The zero-order chi connectivity index (χ0) is 23.7. The summed E-state index contributed by atoms with van der Waals surface area (Å²) < 4.78 is 33.7. The van der Waals surface area contributed by atoms with Crippen molar-refractivity contribution in [1.82, 2.24) is 19.1 Å². The average Bonchev–Trinajstić information content (AvgIpc) is 3.36. The first-order valence-electron chi connectivity index (χ1n) is 11.8. The number of aromatic nitrogens is 1. The molecular formula is C25H30N4O4S. The third-order valence-corrected chi connectivity index (χ3v) is 8.81. The molecule has 4 heterocycles. The van der Waals surface area contributed by atoms with Crippen molar-refractivity contribution in [2.45, 2.75) is 31.2 Å². The molecule has 9 heteroatoms. The number of carbonyl (C=O) groups is 1. The Labute approximate surface area is 200 Å². The highest BCUT2D eigenvalue weighted by molar-refractivity contribution is 7.89. The number of carbonyl (C=O) groups excluding carboxylic acids is 1. The van der Waals surface area contributed by atoms with E-state index in [4.69, 9.17) is 4.42 Å². The zero-order valence-electron chi connectivity index (χ0n) is 19.4. The maximum Gasteiger partial charge on any atom is 0.245 e. The molecule has 8 nitrogen and oxygen atoms in total. The van der Waals surface area contributed by atoms with Gasteiger partial charge in [-0.25, -0.2) is 8.42 Å². The van der Waals surface area contributed by atoms with Crippen molar-refractivity contribution in [3.8, 4) is 0 Å². The maximum atomic E-state index is 13.4. The molecule has 180 valence electrons. The maximum absolute atomic E-state index is 13.4. The van der Waals surface area contributed by atoms with Gasteiger partial charge in [-0.3, -0.25) is 14.7 Å². The number of hydrogen-bond acceptors (Lipinski definition) is 6. The molecule has 0 spiro atoms.